The van der Waals surface area contributed by atoms with Crippen molar-refractivity contribution in [1.29, 1.82) is 0 Å². The second-order valence-electron chi connectivity index (χ2n) is 8.54. The van der Waals surface area contributed by atoms with Crippen LogP contribution in [-0.4, -0.2) is 32.3 Å². The molecule has 2 aliphatic rings. The summed E-state index contributed by atoms with van der Waals surface area (Å²) in [6, 6.07) is 9.46. The van der Waals surface area contributed by atoms with Crippen molar-refractivity contribution in [3.05, 3.63) is 59.3 Å². The Morgan fingerprint density at radius 2 is 2.00 bits per heavy atom. The molecule has 34 heavy (non-hydrogen) atoms. The summed E-state index contributed by atoms with van der Waals surface area (Å²) in [4.78, 5) is 4.59. The van der Waals surface area contributed by atoms with Crippen LogP contribution in [0.3, 0.4) is 0 Å². The molecule has 2 aromatic heterocycles. The zero-order valence-electron chi connectivity index (χ0n) is 17.9. The SMILES string of the molecule is Cc1nnc2nc(C3CNc4cccc(C#CC5(C(F)(F)F)CC5)c4O3)c3cc(F)ccc3n12. The van der Waals surface area contributed by atoms with Gasteiger partial charge in [0, 0.05) is 5.39 Å². The van der Waals surface area contributed by atoms with Crippen molar-refractivity contribution in [2.75, 3.05) is 11.9 Å². The molecule has 0 bridgehead atoms. The zero-order chi connectivity index (χ0) is 23.7. The number of nitrogens with zero attached hydrogens (tertiary/aromatic N) is 4. The highest BCUT2D eigenvalue weighted by Crippen LogP contribution is 2.57. The van der Waals surface area contributed by atoms with E-state index in [4.69, 9.17) is 4.74 Å². The van der Waals surface area contributed by atoms with Crippen molar-refractivity contribution >= 4 is 22.4 Å². The molecule has 1 fully saturated rings. The van der Waals surface area contributed by atoms with Gasteiger partial charge in [0.15, 0.2) is 11.9 Å². The van der Waals surface area contributed by atoms with Gasteiger partial charge in [0.05, 0.1) is 29.0 Å². The fourth-order valence-electron chi connectivity index (χ4n) is 4.26. The number of ether oxygens (including phenoxy) is 1. The average Bonchev–Trinajstić information content (AvgIpc) is 3.53. The molecule has 1 aliphatic heterocycles. The largest absolute Gasteiger partial charge is 0.479 e. The Balaban J connectivity index is 1.44. The van der Waals surface area contributed by atoms with Crippen molar-refractivity contribution in [3.8, 4) is 17.6 Å². The highest BCUT2D eigenvalue weighted by Gasteiger charge is 2.62. The summed E-state index contributed by atoms with van der Waals surface area (Å²) in [5.74, 6) is 5.97. The number of anilines is 1. The number of fused-ring (bicyclic) bond motifs is 4. The molecule has 4 aromatic rings. The zero-order valence-corrected chi connectivity index (χ0v) is 17.9. The molecule has 0 spiro atoms. The minimum Gasteiger partial charge on any atom is -0.479 e. The first-order valence-electron chi connectivity index (χ1n) is 10.7. The third-order valence-corrected chi connectivity index (χ3v) is 6.29. The maximum absolute atomic E-state index is 14.2. The van der Waals surface area contributed by atoms with E-state index in [1.807, 2.05) is 0 Å². The number of para-hydroxylation sites is 1. The number of hydrogen-bond acceptors (Lipinski definition) is 5. The van der Waals surface area contributed by atoms with Gasteiger partial charge in [0.2, 0.25) is 0 Å². The van der Waals surface area contributed by atoms with Crippen molar-refractivity contribution in [1.82, 2.24) is 19.6 Å². The Labute approximate surface area is 191 Å². The van der Waals surface area contributed by atoms with Crippen LogP contribution in [-0.2, 0) is 0 Å². The third-order valence-electron chi connectivity index (χ3n) is 6.29. The quantitative estimate of drug-likeness (QED) is 0.317. The van der Waals surface area contributed by atoms with Crippen LogP contribution in [0.15, 0.2) is 36.4 Å². The monoisotopic (exact) mass is 467 g/mol. The van der Waals surface area contributed by atoms with Crippen molar-refractivity contribution in [2.24, 2.45) is 5.41 Å². The Kier molecular flexibility index (Phi) is 4.30. The number of rotatable bonds is 1. The van der Waals surface area contributed by atoms with E-state index in [1.54, 1.807) is 35.6 Å². The van der Waals surface area contributed by atoms with Gasteiger partial charge in [-0.2, -0.15) is 13.2 Å². The van der Waals surface area contributed by atoms with Gasteiger partial charge >= 0.3 is 6.18 Å². The molecule has 1 N–H and O–H groups in total. The lowest BCUT2D eigenvalue weighted by atomic mass is 10.0. The predicted octanol–water partition coefficient (Wildman–Crippen LogP) is 4.96. The maximum atomic E-state index is 14.2. The molecule has 6 rings (SSSR count). The Morgan fingerprint density at radius 3 is 2.76 bits per heavy atom. The summed E-state index contributed by atoms with van der Waals surface area (Å²) < 4.78 is 62.2. The first-order valence-corrected chi connectivity index (χ1v) is 10.7. The molecular weight excluding hydrogens is 450 g/mol. The predicted molar refractivity (Wildman–Crippen MR) is 116 cm³/mol. The second-order valence-corrected chi connectivity index (χ2v) is 8.54. The van der Waals surface area contributed by atoms with Gasteiger partial charge in [-0.15, -0.1) is 10.2 Å². The molecule has 172 valence electrons. The van der Waals surface area contributed by atoms with E-state index in [2.05, 4.69) is 32.3 Å². The third kappa shape index (κ3) is 3.15. The van der Waals surface area contributed by atoms with Crippen molar-refractivity contribution < 1.29 is 22.3 Å². The number of aromatic nitrogens is 4. The number of aryl methyl sites for hydroxylation is 1. The Bertz CT molecular complexity index is 1530. The molecule has 0 saturated heterocycles. The summed E-state index contributed by atoms with van der Waals surface area (Å²) in [6.45, 7) is 2.09. The number of benzene rings is 2. The molecule has 0 amide bonds. The van der Waals surface area contributed by atoms with E-state index >= 15 is 0 Å². The van der Waals surface area contributed by atoms with E-state index < -0.39 is 23.5 Å². The molecule has 10 heteroatoms. The fourth-order valence-corrected chi connectivity index (χ4v) is 4.26. The van der Waals surface area contributed by atoms with Crippen LogP contribution in [0.25, 0.3) is 16.7 Å². The normalized spacial score (nSPS) is 18.6. The van der Waals surface area contributed by atoms with Crippen LogP contribution >= 0.6 is 0 Å². The lowest BCUT2D eigenvalue weighted by Gasteiger charge is -2.28. The summed E-state index contributed by atoms with van der Waals surface area (Å²) in [6.07, 6.45) is -5.02. The molecule has 6 nitrogen and oxygen atoms in total. The summed E-state index contributed by atoms with van der Waals surface area (Å²) in [5, 5.41) is 11.9. The molecule has 1 unspecified atom stereocenters. The van der Waals surface area contributed by atoms with Gasteiger partial charge < -0.3 is 10.1 Å². The number of nitrogens with one attached hydrogen (secondary N) is 1. The molecule has 0 radical (unpaired) electrons. The highest BCUT2D eigenvalue weighted by molar-refractivity contribution is 5.84. The van der Waals surface area contributed by atoms with Gasteiger partial charge in [0.25, 0.3) is 5.78 Å². The number of halogens is 4. The van der Waals surface area contributed by atoms with E-state index in [9.17, 15) is 17.6 Å². The average molecular weight is 467 g/mol. The Morgan fingerprint density at radius 1 is 1.18 bits per heavy atom. The molecule has 1 atom stereocenters. The van der Waals surface area contributed by atoms with E-state index in [1.165, 1.54) is 12.1 Å². The van der Waals surface area contributed by atoms with Crippen LogP contribution in [0.4, 0.5) is 23.2 Å². The summed E-state index contributed by atoms with van der Waals surface area (Å²) >= 11 is 0. The van der Waals surface area contributed by atoms with Gasteiger partial charge in [-0.25, -0.2) is 9.37 Å². The minimum atomic E-state index is -4.37. The van der Waals surface area contributed by atoms with Crippen LogP contribution in [0.5, 0.6) is 5.75 Å². The highest BCUT2D eigenvalue weighted by atomic mass is 19.4. The topological polar surface area (TPSA) is 64.3 Å². The van der Waals surface area contributed by atoms with Crippen LogP contribution in [0.2, 0.25) is 0 Å². The molecular formula is C24H17F4N5O. The van der Waals surface area contributed by atoms with Crippen LogP contribution in [0.1, 0.15) is 36.0 Å². The standard InChI is InChI=1S/C24H17F4N5O/c1-13-31-32-22-30-20(16-11-15(25)5-6-18(16)33(13)22)19-12-29-17-4-2-3-14(21(17)34-19)7-8-23(9-10-23)24(26,27)28/h2-6,11,19,29H,9-10,12H2,1H3. The smallest absolute Gasteiger partial charge is 0.405 e. The van der Waals surface area contributed by atoms with Crippen LogP contribution in [0, 0.1) is 30.0 Å². The van der Waals surface area contributed by atoms with Gasteiger partial charge in [-0.05, 0) is 50.1 Å². The van der Waals surface area contributed by atoms with Gasteiger partial charge in [0.1, 0.15) is 17.1 Å². The van der Waals surface area contributed by atoms with Crippen LogP contribution < -0.4 is 10.1 Å². The fraction of sp³-hybridized carbons (Fsp3) is 0.292. The molecule has 1 saturated carbocycles. The van der Waals surface area contributed by atoms with Gasteiger partial charge in [-0.1, -0.05) is 17.9 Å². The van der Waals surface area contributed by atoms with E-state index in [0.717, 1.165) is 0 Å². The van der Waals surface area contributed by atoms with Crippen molar-refractivity contribution in [2.45, 2.75) is 32.0 Å². The second kappa shape index (κ2) is 7.06. The van der Waals surface area contributed by atoms with E-state index in [0.29, 0.717) is 51.7 Å². The summed E-state index contributed by atoms with van der Waals surface area (Å²) in [5.41, 5.74) is 0.148. The molecule has 3 heterocycles. The number of alkyl halides is 3. The van der Waals surface area contributed by atoms with E-state index in [-0.39, 0.29) is 12.8 Å². The Hall–Kier alpha value is -3.87. The lowest BCUT2D eigenvalue weighted by Crippen LogP contribution is -2.25. The van der Waals surface area contributed by atoms with Crippen molar-refractivity contribution in [3.63, 3.8) is 0 Å². The molecule has 1 aliphatic carbocycles. The summed E-state index contributed by atoms with van der Waals surface area (Å²) in [7, 11) is 0. The lowest BCUT2D eigenvalue weighted by molar-refractivity contribution is -0.168. The molecule has 2 aromatic carbocycles. The first kappa shape index (κ1) is 20.7. The van der Waals surface area contributed by atoms with Gasteiger partial charge in [-0.3, -0.25) is 4.40 Å². The maximum Gasteiger partial charge on any atom is 0.405 e. The minimum absolute atomic E-state index is 0.000487. The number of hydrogen-bond donors (Lipinski definition) is 1. The first-order chi connectivity index (χ1) is 16.3.